The van der Waals surface area contributed by atoms with Crippen LogP contribution >= 0.6 is 0 Å². The molecule has 0 spiro atoms. The van der Waals surface area contributed by atoms with E-state index in [1.54, 1.807) is 0 Å². The average Bonchev–Trinajstić information content (AvgIpc) is 2.33. The molecule has 106 valence electrons. The molecule has 0 heterocycles. The summed E-state index contributed by atoms with van der Waals surface area (Å²) in [7, 11) is 0. The van der Waals surface area contributed by atoms with E-state index in [2.05, 4.69) is 32.0 Å². The molecule has 1 atom stereocenters. The van der Waals surface area contributed by atoms with Crippen molar-refractivity contribution in [3.05, 3.63) is 34.9 Å². The lowest BCUT2D eigenvalue weighted by atomic mass is 9.83. The fraction of sp³-hybridized carbons (Fsp3) is 0.667. The molecule has 2 rings (SSSR count). The molecule has 0 bridgehead atoms. The van der Waals surface area contributed by atoms with E-state index in [0.29, 0.717) is 6.04 Å². The minimum atomic E-state index is 0.347. The van der Waals surface area contributed by atoms with Crippen LogP contribution in [0.25, 0.3) is 0 Å². The van der Waals surface area contributed by atoms with Gasteiger partial charge < -0.3 is 5.73 Å². The van der Waals surface area contributed by atoms with E-state index < -0.39 is 0 Å². The van der Waals surface area contributed by atoms with E-state index in [9.17, 15) is 0 Å². The molecule has 0 aromatic heterocycles. The molecule has 1 aliphatic carbocycles. The fourth-order valence-corrected chi connectivity index (χ4v) is 3.29. The number of hydrogen-bond acceptors (Lipinski definition) is 1. The lowest BCUT2D eigenvalue weighted by Crippen LogP contribution is -2.32. The highest BCUT2D eigenvalue weighted by Gasteiger charge is 2.19. The summed E-state index contributed by atoms with van der Waals surface area (Å²) >= 11 is 0. The minimum absolute atomic E-state index is 0.347. The Morgan fingerprint density at radius 2 is 1.63 bits per heavy atom. The third kappa shape index (κ3) is 4.35. The Labute approximate surface area is 118 Å². The number of rotatable bonds is 3. The lowest BCUT2D eigenvalue weighted by Gasteiger charge is -2.26. The molecule has 1 nitrogen and oxygen atoms in total. The first-order valence-electron chi connectivity index (χ1n) is 7.98. The molecular weight excluding hydrogens is 230 g/mol. The van der Waals surface area contributed by atoms with Crippen LogP contribution < -0.4 is 5.73 Å². The smallest absolute Gasteiger partial charge is 0.0108 e. The van der Waals surface area contributed by atoms with Gasteiger partial charge in [0, 0.05) is 6.04 Å². The van der Waals surface area contributed by atoms with Crippen LogP contribution in [0.5, 0.6) is 0 Å². The Kier molecular flexibility index (Phi) is 5.45. The van der Waals surface area contributed by atoms with Crippen molar-refractivity contribution in [3.63, 3.8) is 0 Å². The Morgan fingerprint density at radius 3 is 2.26 bits per heavy atom. The number of nitrogens with two attached hydrogens (primary N) is 1. The lowest BCUT2D eigenvalue weighted by molar-refractivity contribution is 0.322. The van der Waals surface area contributed by atoms with Gasteiger partial charge in [-0.25, -0.2) is 0 Å². The monoisotopic (exact) mass is 259 g/mol. The molecule has 0 saturated heterocycles. The van der Waals surface area contributed by atoms with Crippen molar-refractivity contribution in [2.24, 2.45) is 11.7 Å². The molecule has 0 radical (unpaired) electrons. The van der Waals surface area contributed by atoms with Gasteiger partial charge in [0.1, 0.15) is 0 Å². The molecule has 1 unspecified atom stereocenters. The maximum atomic E-state index is 6.49. The van der Waals surface area contributed by atoms with Gasteiger partial charge in [0.2, 0.25) is 0 Å². The zero-order chi connectivity index (χ0) is 13.7. The van der Waals surface area contributed by atoms with Crippen molar-refractivity contribution in [3.8, 4) is 0 Å². The van der Waals surface area contributed by atoms with E-state index >= 15 is 0 Å². The summed E-state index contributed by atoms with van der Waals surface area (Å²) in [6, 6.07) is 7.15. The van der Waals surface area contributed by atoms with Crippen molar-refractivity contribution < 1.29 is 0 Å². The summed E-state index contributed by atoms with van der Waals surface area (Å²) in [6.45, 7) is 4.37. The zero-order valence-electron chi connectivity index (χ0n) is 12.6. The maximum Gasteiger partial charge on any atom is 0.0108 e. The molecule has 2 N–H and O–H groups in total. The van der Waals surface area contributed by atoms with Gasteiger partial charge in [-0.1, -0.05) is 50.3 Å². The number of hydrogen-bond donors (Lipinski definition) is 1. The molecule has 1 saturated carbocycles. The Bertz CT molecular complexity index is 389. The van der Waals surface area contributed by atoms with Crippen LogP contribution in [0.2, 0.25) is 0 Å². The molecule has 19 heavy (non-hydrogen) atoms. The maximum absolute atomic E-state index is 6.49. The third-order valence-electron chi connectivity index (χ3n) is 4.80. The second-order valence-corrected chi connectivity index (χ2v) is 6.39. The van der Waals surface area contributed by atoms with Gasteiger partial charge >= 0.3 is 0 Å². The summed E-state index contributed by atoms with van der Waals surface area (Å²) in [6.07, 6.45) is 10.7. The Hall–Kier alpha value is -0.820. The average molecular weight is 259 g/mol. The summed E-state index contributed by atoms with van der Waals surface area (Å²) in [5, 5.41) is 0. The van der Waals surface area contributed by atoms with Gasteiger partial charge in [0.25, 0.3) is 0 Å². The topological polar surface area (TPSA) is 26.0 Å². The highest BCUT2D eigenvalue weighted by Crippen LogP contribution is 2.26. The molecule has 1 aromatic carbocycles. The third-order valence-corrected chi connectivity index (χ3v) is 4.80. The highest BCUT2D eigenvalue weighted by atomic mass is 14.6. The van der Waals surface area contributed by atoms with Crippen molar-refractivity contribution in [2.75, 3.05) is 0 Å². The van der Waals surface area contributed by atoms with Gasteiger partial charge in [-0.05, 0) is 55.7 Å². The van der Waals surface area contributed by atoms with Gasteiger partial charge in [-0.15, -0.1) is 0 Å². The second kappa shape index (κ2) is 7.09. The van der Waals surface area contributed by atoms with Gasteiger partial charge in [0.15, 0.2) is 0 Å². The van der Waals surface area contributed by atoms with E-state index in [1.165, 1.54) is 61.6 Å². The van der Waals surface area contributed by atoms with Gasteiger partial charge in [-0.3, -0.25) is 0 Å². The zero-order valence-corrected chi connectivity index (χ0v) is 12.6. The largest absolute Gasteiger partial charge is 0.327 e. The molecule has 1 heteroatoms. The van der Waals surface area contributed by atoms with Crippen LogP contribution in [-0.4, -0.2) is 6.04 Å². The molecule has 1 aliphatic rings. The van der Waals surface area contributed by atoms with Crippen LogP contribution in [0.15, 0.2) is 18.2 Å². The SMILES string of the molecule is Cc1ccc(CC(N)C2CCCCCCC2)cc1C. The van der Waals surface area contributed by atoms with Crippen LogP contribution in [0, 0.1) is 19.8 Å². The Balaban J connectivity index is 1.94. The minimum Gasteiger partial charge on any atom is -0.327 e. The van der Waals surface area contributed by atoms with Crippen molar-refractivity contribution in [1.82, 2.24) is 0 Å². The molecule has 1 aromatic rings. The number of aryl methyl sites for hydroxylation is 2. The normalized spacial score (nSPS) is 19.7. The van der Waals surface area contributed by atoms with E-state index in [4.69, 9.17) is 5.73 Å². The highest BCUT2D eigenvalue weighted by molar-refractivity contribution is 5.30. The van der Waals surface area contributed by atoms with Crippen molar-refractivity contribution in [1.29, 1.82) is 0 Å². The predicted molar refractivity (Wildman–Crippen MR) is 83.4 cm³/mol. The first-order chi connectivity index (χ1) is 9.16. The fourth-order valence-electron chi connectivity index (χ4n) is 3.29. The van der Waals surface area contributed by atoms with Gasteiger partial charge in [0.05, 0.1) is 0 Å². The molecule has 0 amide bonds. The summed E-state index contributed by atoms with van der Waals surface area (Å²) in [5.74, 6) is 0.738. The molecular formula is C18H29N. The van der Waals surface area contributed by atoms with E-state index in [-0.39, 0.29) is 0 Å². The van der Waals surface area contributed by atoms with Gasteiger partial charge in [-0.2, -0.15) is 0 Å². The predicted octanol–water partition coefficient (Wildman–Crippen LogP) is 4.53. The van der Waals surface area contributed by atoms with Crippen molar-refractivity contribution >= 4 is 0 Å². The van der Waals surface area contributed by atoms with Crippen molar-refractivity contribution in [2.45, 2.75) is 71.3 Å². The van der Waals surface area contributed by atoms with Crippen LogP contribution in [0.3, 0.4) is 0 Å². The standard InChI is InChI=1S/C18H29N/c1-14-10-11-16(12-15(14)2)13-18(19)17-8-6-4-3-5-7-9-17/h10-12,17-18H,3-9,13,19H2,1-2H3. The Morgan fingerprint density at radius 1 is 1.00 bits per heavy atom. The first-order valence-corrected chi connectivity index (χ1v) is 7.98. The van der Waals surface area contributed by atoms with Crippen LogP contribution in [-0.2, 0) is 6.42 Å². The summed E-state index contributed by atoms with van der Waals surface area (Å²) in [5.41, 5.74) is 10.7. The van der Waals surface area contributed by atoms with E-state index in [1.807, 2.05) is 0 Å². The number of benzene rings is 1. The molecule has 0 aliphatic heterocycles. The molecule has 1 fully saturated rings. The quantitative estimate of drug-likeness (QED) is 0.847. The van der Waals surface area contributed by atoms with Crippen LogP contribution in [0.1, 0.15) is 61.6 Å². The summed E-state index contributed by atoms with van der Waals surface area (Å²) < 4.78 is 0. The second-order valence-electron chi connectivity index (χ2n) is 6.39. The van der Waals surface area contributed by atoms with Crippen LogP contribution in [0.4, 0.5) is 0 Å². The first kappa shape index (κ1) is 14.6. The summed E-state index contributed by atoms with van der Waals surface area (Å²) in [4.78, 5) is 0. The van der Waals surface area contributed by atoms with E-state index in [0.717, 1.165) is 12.3 Å².